The van der Waals surface area contributed by atoms with Gasteiger partial charge in [0.15, 0.2) is 0 Å². The van der Waals surface area contributed by atoms with Crippen molar-refractivity contribution in [3.8, 4) is 11.8 Å². The zero-order valence-corrected chi connectivity index (χ0v) is 20.1. The number of nitrogens with one attached hydrogen (secondary N) is 1. The predicted molar refractivity (Wildman–Crippen MR) is 133 cm³/mol. The number of nitrogens with zero attached hydrogens (tertiary/aromatic N) is 1. The molecule has 6 heteroatoms. The molecular formula is C26H22BrClN2O2. The summed E-state index contributed by atoms with van der Waals surface area (Å²) in [5.41, 5.74) is 4.29. The molecule has 162 valence electrons. The summed E-state index contributed by atoms with van der Waals surface area (Å²) in [6.07, 6.45) is 2.91. The summed E-state index contributed by atoms with van der Waals surface area (Å²) < 4.78 is 6.40. The van der Waals surface area contributed by atoms with Crippen molar-refractivity contribution in [2.45, 2.75) is 19.8 Å². The maximum Gasteiger partial charge on any atom is 0.266 e. The quantitative estimate of drug-likeness (QED) is 0.281. The van der Waals surface area contributed by atoms with E-state index in [1.54, 1.807) is 13.2 Å². The van der Waals surface area contributed by atoms with Gasteiger partial charge in [-0.15, -0.1) is 0 Å². The number of para-hydroxylation sites is 1. The highest BCUT2D eigenvalue weighted by molar-refractivity contribution is 9.10. The van der Waals surface area contributed by atoms with E-state index in [1.165, 1.54) is 0 Å². The standard InChI is InChI=1S/C26H22BrClN2O2/c1-3-18-8-5-7-11-24(18)30-26(31)20(16-29)12-17-13-22(27)21(25(14-17)32-2)15-19-9-4-6-10-23(19)28/h4-14H,3,15H2,1-2H3,(H,30,31)/b20-12+. The molecule has 0 heterocycles. The van der Waals surface area contributed by atoms with E-state index >= 15 is 0 Å². The maximum absolute atomic E-state index is 12.7. The van der Waals surface area contributed by atoms with Crippen LogP contribution in [0.4, 0.5) is 5.69 Å². The first-order valence-electron chi connectivity index (χ1n) is 10.1. The Balaban J connectivity index is 1.91. The Kier molecular flexibility index (Phi) is 8.10. The molecule has 1 N–H and O–H groups in total. The third-order valence-corrected chi connectivity index (χ3v) is 6.12. The molecule has 0 aliphatic rings. The van der Waals surface area contributed by atoms with Gasteiger partial charge in [-0.25, -0.2) is 0 Å². The molecule has 3 rings (SSSR count). The number of nitriles is 1. The molecular weight excluding hydrogens is 488 g/mol. The highest BCUT2D eigenvalue weighted by Crippen LogP contribution is 2.33. The van der Waals surface area contributed by atoms with Crippen molar-refractivity contribution in [3.63, 3.8) is 0 Å². The van der Waals surface area contributed by atoms with Crippen molar-refractivity contribution >= 4 is 45.2 Å². The van der Waals surface area contributed by atoms with E-state index in [0.717, 1.165) is 27.6 Å². The Morgan fingerprint density at radius 2 is 1.84 bits per heavy atom. The topological polar surface area (TPSA) is 62.1 Å². The first kappa shape index (κ1) is 23.6. The lowest BCUT2D eigenvalue weighted by Gasteiger charge is -2.13. The second kappa shape index (κ2) is 11.0. The van der Waals surface area contributed by atoms with Crippen LogP contribution in [0.25, 0.3) is 6.08 Å². The highest BCUT2D eigenvalue weighted by atomic mass is 79.9. The highest BCUT2D eigenvalue weighted by Gasteiger charge is 2.15. The van der Waals surface area contributed by atoms with Crippen molar-refractivity contribution in [1.82, 2.24) is 0 Å². The van der Waals surface area contributed by atoms with Gasteiger partial charge in [-0.2, -0.15) is 5.26 Å². The molecule has 4 nitrogen and oxygen atoms in total. The van der Waals surface area contributed by atoms with Gasteiger partial charge < -0.3 is 10.1 Å². The summed E-state index contributed by atoms with van der Waals surface area (Å²) in [5.74, 6) is 0.184. The number of amides is 1. The molecule has 0 radical (unpaired) electrons. The molecule has 0 saturated heterocycles. The Bertz CT molecular complexity index is 1210. The van der Waals surface area contributed by atoms with Crippen LogP contribution in [0.2, 0.25) is 5.02 Å². The molecule has 32 heavy (non-hydrogen) atoms. The van der Waals surface area contributed by atoms with Crippen LogP contribution in [-0.4, -0.2) is 13.0 Å². The van der Waals surface area contributed by atoms with Gasteiger partial charge in [0.25, 0.3) is 5.91 Å². The number of rotatable bonds is 7. The lowest BCUT2D eigenvalue weighted by atomic mass is 10.0. The summed E-state index contributed by atoms with van der Waals surface area (Å²) in [5, 5.41) is 13.1. The van der Waals surface area contributed by atoms with Gasteiger partial charge in [-0.05, 0) is 53.5 Å². The molecule has 0 saturated carbocycles. The third-order valence-electron chi connectivity index (χ3n) is 5.04. The lowest BCUT2D eigenvalue weighted by Crippen LogP contribution is -2.14. The largest absolute Gasteiger partial charge is 0.496 e. The number of carbonyl (C=O) groups excluding carboxylic acids is 1. The summed E-state index contributed by atoms with van der Waals surface area (Å²) in [7, 11) is 1.59. The molecule has 3 aromatic rings. The number of benzene rings is 3. The van der Waals surface area contributed by atoms with Crippen LogP contribution in [-0.2, 0) is 17.6 Å². The van der Waals surface area contributed by atoms with Gasteiger partial charge in [0.1, 0.15) is 17.4 Å². The average molecular weight is 510 g/mol. The van der Waals surface area contributed by atoms with E-state index in [0.29, 0.717) is 28.4 Å². The summed E-state index contributed by atoms with van der Waals surface area (Å²) in [6, 6.07) is 20.9. The van der Waals surface area contributed by atoms with Crippen molar-refractivity contribution < 1.29 is 9.53 Å². The van der Waals surface area contributed by atoms with Gasteiger partial charge in [0.2, 0.25) is 0 Å². The minimum atomic E-state index is -0.455. The van der Waals surface area contributed by atoms with E-state index in [-0.39, 0.29) is 5.57 Å². The first-order chi connectivity index (χ1) is 15.5. The van der Waals surface area contributed by atoms with Crippen LogP contribution < -0.4 is 10.1 Å². The second-order valence-electron chi connectivity index (χ2n) is 7.09. The van der Waals surface area contributed by atoms with E-state index in [2.05, 4.69) is 21.2 Å². The number of hydrogen-bond donors (Lipinski definition) is 1. The van der Waals surface area contributed by atoms with Crippen LogP contribution in [0.5, 0.6) is 5.75 Å². The van der Waals surface area contributed by atoms with E-state index in [9.17, 15) is 10.1 Å². The first-order valence-corrected chi connectivity index (χ1v) is 11.2. The van der Waals surface area contributed by atoms with Crippen LogP contribution in [0, 0.1) is 11.3 Å². The minimum absolute atomic E-state index is 0.00344. The van der Waals surface area contributed by atoms with E-state index < -0.39 is 5.91 Å². The van der Waals surface area contributed by atoms with Crippen LogP contribution in [0.15, 0.2) is 70.7 Å². The number of ether oxygens (including phenoxy) is 1. The molecule has 0 aliphatic carbocycles. The Morgan fingerprint density at radius 1 is 1.16 bits per heavy atom. The molecule has 0 spiro atoms. The fourth-order valence-corrected chi connectivity index (χ4v) is 4.16. The van der Waals surface area contributed by atoms with Crippen molar-refractivity contribution in [2.24, 2.45) is 0 Å². The fourth-order valence-electron chi connectivity index (χ4n) is 3.36. The Labute approximate surface area is 201 Å². The molecule has 3 aromatic carbocycles. The molecule has 0 aromatic heterocycles. The Hall–Kier alpha value is -3.07. The summed E-state index contributed by atoms with van der Waals surface area (Å²) >= 11 is 9.92. The molecule has 0 bridgehead atoms. The third kappa shape index (κ3) is 5.59. The number of hydrogen-bond acceptors (Lipinski definition) is 3. The number of aryl methyl sites for hydroxylation is 1. The van der Waals surface area contributed by atoms with Gasteiger partial charge in [0, 0.05) is 27.2 Å². The smallest absolute Gasteiger partial charge is 0.266 e. The van der Waals surface area contributed by atoms with Gasteiger partial charge in [-0.1, -0.05) is 70.9 Å². The lowest BCUT2D eigenvalue weighted by molar-refractivity contribution is -0.112. The number of halogens is 2. The second-order valence-corrected chi connectivity index (χ2v) is 8.35. The minimum Gasteiger partial charge on any atom is -0.496 e. The van der Waals surface area contributed by atoms with E-state index in [4.69, 9.17) is 16.3 Å². The number of methoxy groups -OCH3 is 1. The van der Waals surface area contributed by atoms with Crippen LogP contribution >= 0.6 is 27.5 Å². The molecule has 0 fully saturated rings. The Morgan fingerprint density at radius 3 is 2.50 bits per heavy atom. The predicted octanol–water partition coefficient (Wildman–Crippen LogP) is 6.81. The summed E-state index contributed by atoms with van der Waals surface area (Å²) in [4.78, 5) is 12.7. The number of anilines is 1. The number of carbonyl (C=O) groups is 1. The maximum atomic E-state index is 12.7. The van der Waals surface area contributed by atoms with Crippen LogP contribution in [0.3, 0.4) is 0 Å². The molecule has 1 amide bonds. The van der Waals surface area contributed by atoms with Crippen molar-refractivity contribution in [1.29, 1.82) is 5.26 Å². The fraction of sp³-hybridized carbons (Fsp3) is 0.154. The van der Waals surface area contributed by atoms with E-state index in [1.807, 2.05) is 73.7 Å². The average Bonchev–Trinajstić information content (AvgIpc) is 2.80. The SMILES string of the molecule is CCc1ccccc1NC(=O)/C(C#N)=C/c1cc(Br)c(Cc2ccccc2Cl)c(OC)c1. The summed E-state index contributed by atoms with van der Waals surface area (Å²) in [6.45, 7) is 2.01. The molecule has 0 aliphatic heterocycles. The molecule has 0 atom stereocenters. The van der Waals surface area contributed by atoms with Gasteiger partial charge >= 0.3 is 0 Å². The van der Waals surface area contributed by atoms with Gasteiger partial charge in [-0.3, -0.25) is 4.79 Å². The van der Waals surface area contributed by atoms with Crippen LogP contribution in [0.1, 0.15) is 29.2 Å². The normalized spacial score (nSPS) is 11.0. The van der Waals surface area contributed by atoms with Crippen molar-refractivity contribution in [2.75, 3.05) is 12.4 Å². The van der Waals surface area contributed by atoms with Crippen molar-refractivity contribution in [3.05, 3.63) is 98.0 Å². The van der Waals surface area contributed by atoms with Gasteiger partial charge in [0.05, 0.1) is 7.11 Å². The molecule has 0 unspecified atom stereocenters. The zero-order chi connectivity index (χ0) is 23.1. The monoisotopic (exact) mass is 508 g/mol. The zero-order valence-electron chi connectivity index (χ0n) is 17.8.